The summed E-state index contributed by atoms with van der Waals surface area (Å²) in [6.07, 6.45) is -1.42. The van der Waals surface area contributed by atoms with Gasteiger partial charge in [-0.05, 0) is 18.2 Å². The van der Waals surface area contributed by atoms with Gasteiger partial charge in [-0.25, -0.2) is 4.39 Å². The van der Waals surface area contributed by atoms with E-state index in [-0.39, 0.29) is 13.0 Å². The van der Waals surface area contributed by atoms with Gasteiger partial charge >= 0.3 is 5.97 Å². The molecule has 1 unspecified atom stereocenters. The number of carbonyl (C=O) groups is 1. The van der Waals surface area contributed by atoms with Crippen molar-refractivity contribution in [2.75, 3.05) is 11.9 Å². The number of benzene rings is 1. The van der Waals surface area contributed by atoms with Crippen LogP contribution in [-0.4, -0.2) is 28.8 Å². The van der Waals surface area contributed by atoms with Crippen molar-refractivity contribution in [2.45, 2.75) is 12.5 Å². The van der Waals surface area contributed by atoms with Gasteiger partial charge in [-0.3, -0.25) is 4.79 Å². The quantitative estimate of drug-likeness (QED) is 0.741. The van der Waals surface area contributed by atoms with Gasteiger partial charge in [0.1, 0.15) is 5.82 Å². The van der Waals surface area contributed by atoms with Crippen LogP contribution in [0, 0.1) is 5.82 Å². The van der Waals surface area contributed by atoms with Gasteiger partial charge in [-0.2, -0.15) is 0 Å². The Balaban J connectivity index is 2.54. The average molecular weight is 248 g/mol. The lowest BCUT2D eigenvalue weighted by atomic mass is 10.2. The molecule has 0 bridgehead atoms. The minimum absolute atomic E-state index is 0.00449. The summed E-state index contributed by atoms with van der Waals surface area (Å²) in [5, 5.41) is 20.6. The molecular formula is C10H11ClFNO3. The molecule has 1 rings (SSSR count). The second kappa shape index (κ2) is 5.67. The maximum Gasteiger partial charge on any atom is 0.306 e. The Hall–Kier alpha value is -1.33. The van der Waals surface area contributed by atoms with Gasteiger partial charge in [0, 0.05) is 6.54 Å². The third-order valence-electron chi connectivity index (χ3n) is 1.87. The van der Waals surface area contributed by atoms with E-state index in [1.165, 1.54) is 18.2 Å². The van der Waals surface area contributed by atoms with Crippen molar-refractivity contribution in [2.24, 2.45) is 0 Å². The summed E-state index contributed by atoms with van der Waals surface area (Å²) >= 11 is 5.76. The fourth-order valence-corrected chi connectivity index (χ4v) is 1.32. The molecule has 0 amide bonds. The van der Waals surface area contributed by atoms with Crippen LogP contribution >= 0.6 is 11.6 Å². The molecule has 0 fully saturated rings. The van der Waals surface area contributed by atoms with Gasteiger partial charge in [0.05, 0.1) is 23.2 Å². The Bertz CT molecular complexity index is 386. The Morgan fingerprint density at radius 1 is 1.56 bits per heavy atom. The standard InChI is InChI=1S/C10H11ClFNO3/c11-8-2-1-6(12)3-9(8)13-5-7(14)4-10(15)16/h1-3,7,13-14H,4-5H2,(H,15,16). The number of carboxylic acids is 1. The number of aliphatic carboxylic acids is 1. The van der Waals surface area contributed by atoms with Gasteiger partial charge in [-0.1, -0.05) is 11.6 Å². The van der Waals surface area contributed by atoms with Crippen molar-refractivity contribution >= 4 is 23.3 Å². The molecule has 0 radical (unpaired) electrons. The number of carboxylic acid groups (broad SMARTS) is 1. The Morgan fingerprint density at radius 3 is 2.88 bits per heavy atom. The van der Waals surface area contributed by atoms with Crippen molar-refractivity contribution in [3.05, 3.63) is 29.0 Å². The van der Waals surface area contributed by atoms with E-state index in [1.54, 1.807) is 0 Å². The molecule has 0 aromatic heterocycles. The predicted molar refractivity (Wildman–Crippen MR) is 58.2 cm³/mol. The minimum atomic E-state index is -1.10. The van der Waals surface area contributed by atoms with E-state index in [2.05, 4.69) is 5.32 Å². The van der Waals surface area contributed by atoms with E-state index < -0.39 is 17.9 Å². The zero-order chi connectivity index (χ0) is 12.1. The zero-order valence-electron chi connectivity index (χ0n) is 8.28. The molecule has 4 nitrogen and oxygen atoms in total. The molecule has 0 aliphatic heterocycles. The summed E-state index contributed by atoms with van der Waals surface area (Å²) in [7, 11) is 0. The van der Waals surface area contributed by atoms with E-state index >= 15 is 0 Å². The maximum absolute atomic E-state index is 12.8. The zero-order valence-corrected chi connectivity index (χ0v) is 9.04. The number of aliphatic hydroxyl groups excluding tert-OH is 1. The lowest BCUT2D eigenvalue weighted by molar-refractivity contribution is -0.138. The molecule has 16 heavy (non-hydrogen) atoms. The summed E-state index contributed by atoms with van der Waals surface area (Å²) in [4.78, 5) is 10.3. The number of nitrogens with one attached hydrogen (secondary N) is 1. The van der Waals surface area contributed by atoms with Gasteiger partial charge in [0.15, 0.2) is 0 Å². The summed E-state index contributed by atoms with van der Waals surface area (Å²) < 4.78 is 12.8. The van der Waals surface area contributed by atoms with Crippen LogP contribution in [0.3, 0.4) is 0 Å². The normalized spacial score (nSPS) is 12.2. The van der Waals surface area contributed by atoms with E-state index in [1.807, 2.05) is 0 Å². The Kier molecular flexibility index (Phi) is 4.52. The lowest BCUT2D eigenvalue weighted by Gasteiger charge is -2.11. The summed E-state index contributed by atoms with van der Waals surface area (Å²) in [5.41, 5.74) is 0.325. The van der Waals surface area contributed by atoms with Crippen molar-refractivity contribution < 1.29 is 19.4 Å². The van der Waals surface area contributed by atoms with Crippen LogP contribution in [0.1, 0.15) is 6.42 Å². The Morgan fingerprint density at radius 2 is 2.25 bits per heavy atom. The van der Waals surface area contributed by atoms with Crippen LogP contribution in [0.15, 0.2) is 18.2 Å². The predicted octanol–water partition coefficient (Wildman–Crippen LogP) is 1.73. The van der Waals surface area contributed by atoms with Crippen LogP contribution in [0.2, 0.25) is 5.02 Å². The van der Waals surface area contributed by atoms with Crippen LogP contribution < -0.4 is 5.32 Å². The molecule has 0 spiro atoms. The first-order valence-electron chi connectivity index (χ1n) is 4.58. The molecule has 0 heterocycles. The smallest absolute Gasteiger partial charge is 0.306 e. The average Bonchev–Trinajstić information content (AvgIpc) is 2.18. The van der Waals surface area contributed by atoms with Gasteiger partial charge in [-0.15, -0.1) is 0 Å². The van der Waals surface area contributed by atoms with Crippen molar-refractivity contribution in [3.8, 4) is 0 Å². The maximum atomic E-state index is 12.8. The van der Waals surface area contributed by atoms with Crippen LogP contribution in [0.25, 0.3) is 0 Å². The largest absolute Gasteiger partial charge is 0.481 e. The number of halogens is 2. The van der Waals surface area contributed by atoms with E-state index in [9.17, 15) is 14.3 Å². The monoisotopic (exact) mass is 247 g/mol. The van der Waals surface area contributed by atoms with Gasteiger partial charge in [0.25, 0.3) is 0 Å². The molecule has 6 heteroatoms. The van der Waals surface area contributed by atoms with E-state index in [0.29, 0.717) is 10.7 Å². The molecule has 0 saturated heterocycles. The van der Waals surface area contributed by atoms with Crippen LogP contribution in [-0.2, 0) is 4.79 Å². The highest BCUT2D eigenvalue weighted by Gasteiger charge is 2.10. The highest BCUT2D eigenvalue weighted by atomic mass is 35.5. The van der Waals surface area contributed by atoms with Gasteiger partial charge in [0.2, 0.25) is 0 Å². The summed E-state index contributed by atoms with van der Waals surface area (Å²) in [6.45, 7) is -0.00449. The number of anilines is 1. The second-order valence-electron chi connectivity index (χ2n) is 3.26. The van der Waals surface area contributed by atoms with Crippen LogP contribution in [0.5, 0.6) is 0 Å². The lowest BCUT2D eigenvalue weighted by Crippen LogP contribution is -2.22. The highest BCUT2D eigenvalue weighted by Crippen LogP contribution is 2.22. The Labute approximate surface area is 96.7 Å². The second-order valence-corrected chi connectivity index (χ2v) is 3.66. The van der Waals surface area contributed by atoms with E-state index in [4.69, 9.17) is 16.7 Å². The third-order valence-corrected chi connectivity index (χ3v) is 2.20. The number of hydrogen-bond acceptors (Lipinski definition) is 3. The third kappa shape index (κ3) is 4.04. The van der Waals surface area contributed by atoms with Crippen LogP contribution in [0.4, 0.5) is 10.1 Å². The van der Waals surface area contributed by atoms with Gasteiger partial charge < -0.3 is 15.5 Å². The number of rotatable bonds is 5. The highest BCUT2D eigenvalue weighted by molar-refractivity contribution is 6.33. The molecule has 1 atom stereocenters. The molecule has 0 saturated carbocycles. The molecule has 1 aromatic rings. The number of hydrogen-bond donors (Lipinski definition) is 3. The molecule has 3 N–H and O–H groups in total. The first-order chi connectivity index (χ1) is 7.49. The fraction of sp³-hybridized carbons (Fsp3) is 0.300. The molecule has 0 aliphatic carbocycles. The SMILES string of the molecule is O=C(O)CC(O)CNc1cc(F)ccc1Cl. The summed E-state index contributed by atoms with van der Waals surface area (Å²) in [6, 6.07) is 3.76. The number of aliphatic hydroxyl groups is 1. The molecule has 88 valence electrons. The minimum Gasteiger partial charge on any atom is -0.481 e. The van der Waals surface area contributed by atoms with Crippen molar-refractivity contribution in [3.63, 3.8) is 0 Å². The first kappa shape index (κ1) is 12.7. The van der Waals surface area contributed by atoms with Crippen molar-refractivity contribution in [1.29, 1.82) is 0 Å². The molecular weight excluding hydrogens is 237 g/mol. The van der Waals surface area contributed by atoms with E-state index in [0.717, 1.165) is 0 Å². The molecule has 0 aliphatic rings. The molecule has 1 aromatic carbocycles. The summed E-state index contributed by atoms with van der Waals surface area (Å²) in [5.74, 6) is -1.56. The fourth-order valence-electron chi connectivity index (χ4n) is 1.13. The van der Waals surface area contributed by atoms with Crippen molar-refractivity contribution in [1.82, 2.24) is 0 Å². The first-order valence-corrected chi connectivity index (χ1v) is 4.95. The topological polar surface area (TPSA) is 69.6 Å².